The number of hydrogen-bond acceptors (Lipinski definition) is 4. The molecule has 29 heavy (non-hydrogen) atoms. The first kappa shape index (κ1) is 19.2. The van der Waals surface area contributed by atoms with Gasteiger partial charge < -0.3 is 19.4 Å². The van der Waals surface area contributed by atoms with E-state index in [0.717, 1.165) is 22.9 Å². The molecule has 0 N–H and O–H groups in total. The van der Waals surface area contributed by atoms with Crippen LogP contribution in [0.1, 0.15) is 22.6 Å². The molecule has 0 spiro atoms. The first-order valence-corrected chi connectivity index (χ1v) is 9.93. The highest BCUT2D eigenvalue weighted by atomic mass is 16.5. The molecule has 0 fully saturated rings. The first-order valence-electron chi connectivity index (χ1n) is 9.93. The lowest BCUT2D eigenvalue weighted by atomic mass is 9.82. The van der Waals surface area contributed by atoms with E-state index in [1.54, 1.807) is 0 Å². The van der Waals surface area contributed by atoms with Crippen molar-refractivity contribution in [3.8, 4) is 11.5 Å². The second-order valence-corrected chi connectivity index (χ2v) is 8.25. The van der Waals surface area contributed by atoms with Crippen LogP contribution in [0.5, 0.6) is 11.5 Å². The number of anilines is 3. The van der Waals surface area contributed by atoms with Crippen LogP contribution in [0, 0.1) is 0 Å². The van der Waals surface area contributed by atoms with Crippen LogP contribution in [0.25, 0.3) is 0 Å². The smallest absolute Gasteiger partial charge is 0.133 e. The van der Waals surface area contributed by atoms with Gasteiger partial charge in [-0.15, -0.1) is 0 Å². The number of hydrogen-bond donors (Lipinski definition) is 0. The molecule has 0 bridgehead atoms. The van der Waals surface area contributed by atoms with Crippen LogP contribution in [0.3, 0.4) is 0 Å². The molecule has 1 heterocycles. The van der Waals surface area contributed by atoms with E-state index in [1.165, 1.54) is 22.4 Å². The van der Waals surface area contributed by atoms with Gasteiger partial charge >= 0.3 is 0 Å². The Balaban J connectivity index is 1.87. The zero-order valence-electron chi connectivity index (χ0n) is 18.1. The number of nitrogens with zero attached hydrogens (tertiary/aromatic N) is 3. The van der Waals surface area contributed by atoms with Gasteiger partial charge in [-0.25, -0.2) is 0 Å². The maximum absolute atomic E-state index is 6.41. The van der Waals surface area contributed by atoms with Crippen molar-refractivity contribution in [1.82, 2.24) is 0 Å². The molecule has 0 aliphatic carbocycles. The zero-order valence-corrected chi connectivity index (χ0v) is 18.1. The summed E-state index contributed by atoms with van der Waals surface area (Å²) in [7, 11) is 12.4. The van der Waals surface area contributed by atoms with Crippen LogP contribution < -0.4 is 19.4 Å². The summed E-state index contributed by atoms with van der Waals surface area (Å²) in [5.41, 5.74) is 7.16. The van der Waals surface area contributed by atoms with E-state index in [9.17, 15) is 0 Å². The second kappa shape index (κ2) is 7.36. The van der Waals surface area contributed by atoms with Gasteiger partial charge in [0.15, 0.2) is 0 Å². The lowest BCUT2D eigenvalue weighted by molar-refractivity contribution is 0.453. The topological polar surface area (TPSA) is 19.0 Å². The summed E-state index contributed by atoms with van der Waals surface area (Å²) in [5, 5.41) is 0. The van der Waals surface area contributed by atoms with Crippen molar-refractivity contribution < 1.29 is 4.74 Å². The Kier molecular flexibility index (Phi) is 4.87. The third kappa shape index (κ3) is 3.51. The van der Waals surface area contributed by atoms with Gasteiger partial charge in [-0.1, -0.05) is 24.3 Å². The maximum Gasteiger partial charge on any atom is 0.133 e. The summed E-state index contributed by atoms with van der Waals surface area (Å²) in [6.07, 6.45) is 0. The summed E-state index contributed by atoms with van der Waals surface area (Å²) >= 11 is 0. The van der Waals surface area contributed by atoms with E-state index in [-0.39, 0.29) is 5.92 Å². The average molecular weight is 388 g/mol. The summed E-state index contributed by atoms with van der Waals surface area (Å²) in [5.74, 6) is 2.01. The van der Waals surface area contributed by atoms with Crippen LogP contribution in [-0.4, -0.2) is 42.3 Å². The van der Waals surface area contributed by atoms with Gasteiger partial charge in [0.25, 0.3) is 0 Å². The molecular weight excluding hydrogens is 358 g/mol. The zero-order chi connectivity index (χ0) is 20.7. The molecule has 0 saturated heterocycles. The van der Waals surface area contributed by atoms with Crippen molar-refractivity contribution in [2.45, 2.75) is 5.92 Å². The van der Waals surface area contributed by atoms with Crippen LogP contribution >= 0.6 is 0 Å². The van der Waals surface area contributed by atoms with Gasteiger partial charge in [0.1, 0.15) is 11.5 Å². The third-order valence-electron chi connectivity index (χ3n) is 5.61. The fraction of sp³-hybridized carbons (Fsp3) is 0.280. The molecule has 3 aromatic rings. The Bertz CT molecular complexity index is 965. The molecule has 0 radical (unpaired) electrons. The van der Waals surface area contributed by atoms with E-state index in [2.05, 4.69) is 118 Å². The van der Waals surface area contributed by atoms with E-state index in [4.69, 9.17) is 4.74 Å². The SMILES string of the molecule is CN(C)c1ccc(C2c3ccc(N(C)C)cc3Oc3cc(N(C)C)ccc32)cc1. The Morgan fingerprint density at radius 2 is 0.966 bits per heavy atom. The Hall–Kier alpha value is -3.14. The van der Waals surface area contributed by atoms with Crippen molar-refractivity contribution >= 4 is 17.1 Å². The number of fused-ring (bicyclic) bond motifs is 2. The van der Waals surface area contributed by atoms with Gasteiger partial charge in [-0.05, 0) is 29.8 Å². The number of benzene rings is 3. The predicted molar refractivity (Wildman–Crippen MR) is 123 cm³/mol. The highest BCUT2D eigenvalue weighted by Gasteiger charge is 2.29. The average Bonchev–Trinajstić information content (AvgIpc) is 2.71. The molecule has 1 aliphatic heterocycles. The highest BCUT2D eigenvalue weighted by Crippen LogP contribution is 2.49. The standard InChI is InChI=1S/C25H29N3O/c1-26(2)18-9-7-17(8-10-18)25-21-13-11-19(27(3)4)15-23(21)29-24-16-20(28(5)6)12-14-22(24)25/h7-16,25H,1-6H3. The molecule has 150 valence electrons. The van der Waals surface area contributed by atoms with E-state index in [1.807, 2.05) is 0 Å². The number of rotatable bonds is 4. The van der Waals surface area contributed by atoms with Gasteiger partial charge in [-0.2, -0.15) is 0 Å². The van der Waals surface area contributed by atoms with Crippen LogP contribution in [-0.2, 0) is 0 Å². The molecule has 0 saturated carbocycles. The number of ether oxygens (including phenoxy) is 1. The van der Waals surface area contributed by atoms with Gasteiger partial charge in [-0.3, -0.25) is 0 Å². The quantitative estimate of drug-likeness (QED) is 0.481. The van der Waals surface area contributed by atoms with E-state index in [0.29, 0.717) is 0 Å². The van der Waals surface area contributed by atoms with Gasteiger partial charge in [0.2, 0.25) is 0 Å². The minimum atomic E-state index is 0.150. The van der Waals surface area contributed by atoms with Gasteiger partial charge in [0.05, 0.1) is 0 Å². The molecule has 0 atom stereocenters. The molecule has 0 amide bonds. The molecule has 4 rings (SSSR count). The lowest BCUT2D eigenvalue weighted by Crippen LogP contribution is -2.15. The normalized spacial score (nSPS) is 12.6. The molecule has 4 nitrogen and oxygen atoms in total. The van der Waals surface area contributed by atoms with Crippen LogP contribution in [0.2, 0.25) is 0 Å². The molecule has 0 aromatic heterocycles. The van der Waals surface area contributed by atoms with Crippen molar-refractivity contribution in [1.29, 1.82) is 0 Å². The minimum absolute atomic E-state index is 0.150. The van der Waals surface area contributed by atoms with Crippen molar-refractivity contribution in [3.63, 3.8) is 0 Å². The molecular formula is C25H29N3O. The fourth-order valence-corrected chi connectivity index (χ4v) is 3.87. The predicted octanol–water partition coefficient (Wildman–Crippen LogP) is 5.17. The molecule has 1 aliphatic rings. The Morgan fingerprint density at radius 3 is 1.38 bits per heavy atom. The third-order valence-corrected chi connectivity index (χ3v) is 5.61. The summed E-state index contributed by atoms with van der Waals surface area (Å²) in [6.45, 7) is 0. The van der Waals surface area contributed by atoms with E-state index < -0.39 is 0 Å². The van der Waals surface area contributed by atoms with Crippen LogP contribution in [0.4, 0.5) is 17.1 Å². The minimum Gasteiger partial charge on any atom is -0.457 e. The van der Waals surface area contributed by atoms with E-state index >= 15 is 0 Å². The van der Waals surface area contributed by atoms with Crippen molar-refractivity contribution in [2.75, 3.05) is 57.0 Å². The van der Waals surface area contributed by atoms with Crippen molar-refractivity contribution in [3.05, 3.63) is 77.4 Å². The lowest BCUT2D eigenvalue weighted by Gasteiger charge is -2.31. The second-order valence-electron chi connectivity index (χ2n) is 8.25. The monoisotopic (exact) mass is 387 g/mol. The molecule has 4 heteroatoms. The fourth-order valence-electron chi connectivity index (χ4n) is 3.87. The highest BCUT2D eigenvalue weighted by molar-refractivity contribution is 5.66. The Labute approximate surface area is 173 Å². The first-order chi connectivity index (χ1) is 13.8. The maximum atomic E-state index is 6.41. The molecule has 3 aromatic carbocycles. The summed E-state index contributed by atoms with van der Waals surface area (Å²) in [6, 6.07) is 21.9. The summed E-state index contributed by atoms with van der Waals surface area (Å²) in [4.78, 5) is 6.34. The van der Waals surface area contributed by atoms with Crippen LogP contribution in [0.15, 0.2) is 60.7 Å². The molecule has 0 unspecified atom stereocenters. The summed E-state index contributed by atoms with van der Waals surface area (Å²) < 4.78 is 6.41. The van der Waals surface area contributed by atoms with Gasteiger partial charge in [0, 0.05) is 88.5 Å². The Morgan fingerprint density at radius 1 is 0.552 bits per heavy atom. The van der Waals surface area contributed by atoms with Crippen molar-refractivity contribution in [2.24, 2.45) is 0 Å². The largest absolute Gasteiger partial charge is 0.457 e.